The SMILES string of the molecule is C=C(N)c1cccc(-c2ccc(N)nc2C(CC(=O)CC2=CCc3ccc(F)cc32)Cc2cc(F)cc(F)c2)c1. The lowest BCUT2D eigenvalue weighted by Crippen LogP contribution is -2.14. The second-order valence-electron chi connectivity index (χ2n) is 10.1. The zero-order valence-corrected chi connectivity index (χ0v) is 21.8. The van der Waals surface area contributed by atoms with E-state index >= 15 is 0 Å². The molecule has 0 aliphatic heterocycles. The molecule has 0 saturated heterocycles. The molecule has 0 radical (unpaired) electrons. The molecule has 7 heteroatoms. The first kappa shape index (κ1) is 26.9. The summed E-state index contributed by atoms with van der Waals surface area (Å²) in [5.74, 6) is -2.17. The number of Topliss-reactive ketones (excluding diaryl/α,β-unsaturated/α-hetero) is 1. The quantitative estimate of drug-likeness (QED) is 0.240. The van der Waals surface area contributed by atoms with Crippen LogP contribution in [0.15, 0.2) is 85.5 Å². The molecule has 1 aromatic heterocycles. The van der Waals surface area contributed by atoms with Gasteiger partial charge in [-0.15, -0.1) is 0 Å². The number of ketones is 1. The molecule has 1 aliphatic rings. The topological polar surface area (TPSA) is 82.0 Å². The Hall–Kier alpha value is -4.65. The number of pyridine rings is 1. The van der Waals surface area contributed by atoms with Crippen LogP contribution in [-0.2, 0) is 17.6 Å². The van der Waals surface area contributed by atoms with Crippen molar-refractivity contribution in [2.45, 2.75) is 31.6 Å². The zero-order chi connectivity index (χ0) is 28.4. The van der Waals surface area contributed by atoms with Gasteiger partial charge >= 0.3 is 0 Å². The number of rotatable bonds is 9. The van der Waals surface area contributed by atoms with Crippen LogP contribution in [0.25, 0.3) is 22.4 Å². The largest absolute Gasteiger partial charge is 0.399 e. The lowest BCUT2D eigenvalue weighted by molar-refractivity contribution is -0.118. The Morgan fingerprint density at radius 1 is 0.925 bits per heavy atom. The van der Waals surface area contributed by atoms with E-state index in [2.05, 4.69) is 11.6 Å². The number of hydrogen-bond acceptors (Lipinski definition) is 4. The normalized spacial score (nSPS) is 13.0. The lowest BCUT2D eigenvalue weighted by atomic mass is 9.85. The van der Waals surface area contributed by atoms with E-state index < -0.39 is 17.6 Å². The van der Waals surface area contributed by atoms with E-state index in [0.29, 0.717) is 23.4 Å². The number of carbonyl (C=O) groups excluding carboxylic acids is 1. The highest BCUT2D eigenvalue weighted by atomic mass is 19.1. The van der Waals surface area contributed by atoms with Crippen LogP contribution < -0.4 is 11.5 Å². The van der Waals surface area contributed by atoms with E-state index in [4.69, 9.17) is 11.5 Å². The van der Waals surface area contributed by atoms with Gasteiger partial charge in [0.15, 0.2) is 0 Å². The van der Waals surface area contributed by atoms with Gasteiger partial charge in [-0.3, -0.25) is 4.79 Å². The minimum atomic E-state index is -0.704. The maximum absolute atomic E-state index is 14.1. The fourth-order valence-corrected chi connectivity index (χ4v) is 5.31. The number of nitrogen functional groups attached to an aromatic ring is 1. The summed E-state index contributed by atoms with van der Waals surface area (Å²) in [4.78, 5) is 18.1. The number of halogens is 3. The first-order valence-corrected chi connectivity index (χ1v) is 12.9. The predicted molar refractivity (Wildman–Crippen MR) is 152 cm³/mol. The monoisotopic (exact) mass is 539 g/mol. The van der Waals surface area contributed by atoms with Gasteiger partial charge in [0.25, 0.3) is 0 Å². The lowest BCUT2D eigenvalue weighted by Gasteiger charge is -2.21. The Balaban J connectivity index is 1.52. The average Bonchev–Trinajstić information content (AvgIpc) is 3.29. The second-order valence-corrected chi connectivity index (χ2v) is 10.1. The molecule has 0 saturated carbocycles. The molecule has 1 heterocycles. The summed E-state index contributed by atoms with van der Waals surface area (Å²) < 4.78 is 42.2. The van der Waals surface area contributed by atoms with E-state index in [1.165, 1.54) is 24.3 Å². The summed E-state index contributed by atoms with van der Waals surface area (Å²) >= 11 is 0. The standard InChI is InChI=1S/C33H28F3N3O/c1-19(37)22-3-2-4-23(14-22)30-9-10-32(38)39-33(30)25(11-20-12-27(35)17-28(36)13-20)16-29(40)15-24-6-5-21-7-8-26(34)18-31(21)24/h2-4,6-10,12-14,17-18,25H,1,5,11,15-16,37H2,(H2,38,39). The number of allylic oxidation sites excluding steroid dienone is 2. The summed E-state index contributed by atoms with van der Waals surface area (Å²) in [5.41, 5.74) is 18.1. The van der Waals surface area contributed by atoms with Crippen molar-refractivity contribution in [1.29, 1.82) is 0 Å². The highest BCUT2D eigenvalue weighted by molar-refractivity contribution is 5.92. The smallest absolute Gasteiger partial charge is 0.137 e. The summed E-state index contributed by atoms with van der Waals surface area (Å²) in [5, 5.41) is 0. The Morgan fingerprint density at radius 3 is 2.45 bits per heavy atom. The van der Waals surface area contributed by atoms with Gasteiger partial charge in [0.1, 0.15) is 29.1 Å². The average molecular weight is 540 g/mol. The van der Waals surface area contributed by atoms with Gasteiger partial charge in [-0.1, -0.05) is 36.9 Å². The van der Waals surface area contributed by atoms with Crippen LogP contribution in [-0.4, -0.2) is 10.8 Å². The third-order valence-corrected chi connectivity index (χ3v) is 7.13. The van der Waals surface area contributed by atoms with E-state index in [-0.39, 0.29) is 36.7 Å². The van der Waals surface area contributed by atoms with Gasteiger partial charge < -0.3 is 11.5 Å². The molecule has 0 spiro atoms. The number of anilines is 1. The first-order chi connectivity index (χ1) is 19.2. The van der Waals surface area contributed by atoms with Crippen LogP contribution in [0, 0.1) is 17.5 Å². The van der Waals surface area contributed by atoms with Gasteiger partial charge in [-0.25, -0.2) is 18.2 Å². The number of nitrogens with two attached hydrogens (primary N) is 2. The summed E-state index contributed by atoms with van der Waals surface area (Å²) in [6.07, 6.45) is 2.86. The number of hydrogen-bond donors (Lipinski definition) is 2. The molecule has 4 nitrogen and oxygen atoms in total. The maximum Gasteiger partial charge on any atom is 0.137 e. The highest BCUT2D eigenvalue weighted by Crippen LogP contribution is 2.36. The minimum Gasteiger partial charge on any atom is -0.399 e. The Labute approximate surface area is 230 Å². The van der Waals surface area contributed by atoms with E-state index in [1.807, 2.05) is 36.4 Å². The van der Waals surface area contributed by atoms with Crippen LogP contribution in [0.4, 0.5) is 19.0 Å². The van der Waals surface area contributed by atoms with E-state index in [1.54, 1.807) is 12.1 Å². The molecular weight excluding hydrogens is 511 g/mol. The third kappa shape index (κ3) is 5.99. The fourth-order valence-electron chi connectivity index (χ4n) is 5.31. The van der Waals surface area contributed by atoms with Crippen molar-refractivity contribution in [3.63, 3.8) is 0 Å². The van der Waals surface area contributed by atoms with Crippen molar-refractivity contribution in [2.75, 3.05) is 5.73 Å². The van der Waals surface area contributed by atoms with Gasteiger partial charge in [0.2, 0.25) is 0 Å². The summed E-state index contributed by atoms with van der Waals surface area (Å²) in [6, 6.07) is 18.8. The fraction of sp³-hybridized carbons (Fsp3) is 0.152. The number of carbonyl (C=O) groups is 1. The van der Waals surface area contributed by atoms with Crippen LogP contribution in [0.5, 0.6) is 0 Å². The van der Waals surface area contributed by atoms with Crippen molar-refractivity contribution in [2.24, 2.45) is 5.73 Å². The maximum atomic E-state index is 14.1. The summed E-state index contributed by atoms with van der Waals surface area (Å²) in [7, 11) is 0. The molecule has 1 aliphatic carbocycles. The molecule has 0 fully saturated rings. The van der Waals surface area contributed by atoms with E-state index in [9.17, 15) is 18.0 Å². The molecule has 0 amide bonds. The van der Waals surface area contributed by atoms with Crippen molar-refractivity contribution < 1.29 is 18.0 Å². The minimum absolute atomic E-state index is 0.0346. The molecule has 1 unspecified atom stereocenters. The highest BCUT2D eigenvalue weighted by Gasteiger charge is 2.25. The van der Waals surface area contributed by atoms with Crippen molar-refractivity contribution in [3.05, 3.63) is 131 Å². The molecule has 202 valence electrons. The van der Waals surface area contributed by atoms with Crippen molar-refractivity contribution in [3.8, 4) is 11.1 Å². The van der Waals surface area contributed by atoms with Crippen LogP contribution in [0.2, 0.25) is 0 Å². The Morgan fingerprint density at radius 2 is 1.70 bits per heavy atom. The van der Waals surface area contributed by atoms with Crippen LogP contribution in [0.3, 0.4) is 0 Å². The molecule has 0 bridgehead atoms. The van der Waals surface area contributed by atoms with Crippen molar-refractivity contribution >= 4 is 22.9 Å². The number of benzene rings is 3. The van der Waals surface area contributed by atoms with Crippen molar-refractivity contribution in [1.82, 2.24) is 4.98 Å². The zero-order valence-electron chi connectivity index (χ0n) is 21.8. The van der Waals surface area contributed by atoms with Gasteiger partial charge in [-0.2, -0.15) is 0 Å². The number of nitrogens with zero attached hydrogens (tertiary/aromatic N) is 1. The molecule has 3 aromatic carbocycles. The molecule has 5 rings (SSSR count). The number of fused-ring (bicyclic) bond motifs is 1. The van der Waals surface area contributed by atoms with E-state index in [0.717, 1.165) is 39.5 Å². The molecule has 4 aromatic rings. The van der Waals surface area contributed by atoms with Crippen LogP contribution >= 0.6 is 0 Å². The number of aromatic nitrogens is 1. The molecular formula is C33H28F3N3O. The van der Waals surface area contributed by atoms with Gasteiger partial charge in [-0.05, 0) is 88.7 Å². The van der Waals surface area contributed by atoms with Gasteiger partial charge in [0.05, 0.1) is 5.69 Å². The van der Waals surface area contributed by atoms with Gasteiger partial charge in [0, 0.05) is 36.1 Å². The summed E-state index contributed by atoms with van der Waals surface area (Å²) in [6.45, 7) is 3.81. The third-order valence-electron chi connectivity index (χ3n) is 7.13. The molecule has 4 N–H and O–H groups in total. The Bertz CT molecular complexity index is 1640. The Kier molecular flexibility index (Phi) is 7.56. The predicted octanol–water partition coefficient (Wildman–Crippen LogP) is 6.99. The van der Waals surface area contributed by atoms with Crippen LogP contribution in [0.1, 0.15) is 46.7 Å². The molecule has 40 heavy (non-hydrogen) atoms. The molecule has 1 atom stereocenters. The second kappa shape index (κ2) is 11.2. The first-order valence-electron chi connectivity index (χ1n) is 12.9.